The number of nitrogen functional groups attached to an aromatic ring is 1. The zero-order valence-electron chi connectivity index (χ0n) is 7.28. The van der Waals surface area contributed by atoms with E-state index in [4.69, 9.17) is 5.73 Å². The Labute approximate surface area is 95.0 Å². The molecular formula is C5H11MgN5O3+2. The van der Waals surface area contributed by atoms with Gasteiger partial charge in [-0.1, -0.05) is 0 Å². The van der Waals surface area contributed by atoms with Crippen LogP contribution in [0.4, 0.5) is 5.82 Å². The van der Waals surface area contributed by atoms with Gasteiger partial charge in [0.15, 0.2) is 11.5 Å². The smallest absolute Gasteiger partial charge is 0.412 e. The Bertz CT molecular complexity index is 367. The van der Waals surface area contributed by atoms with Crippen molar-refractivity contribution < 1.29 is 16.4 Å². The number of rotatable bonds is 0. The molecule has 8 nitrogen and oxygen atoms in total. The molecule has 0 atom stereocenters. The summed E-state index contributed by atoms with van der Waals surface area (Å²) in [6, 6.07) is 0. The number of H-pyrrole nitrogens is 1. The fourth-order valence-electron chi connectivity index (χ4n) is 0.784. The summed E-state index contributed by atoms with van der Waals surface area (Å²) in [5.74, 6) is 0.433. The molecule has 0 bridgehead atoms. The van der Waals surface area contributed by atoms with Crippen molar-refractivity contribution in [3.8, 4) is 0 Å². The maximum Gasteiger partial charge on any atom is 2.00 e. The van der Waals surface area contributed by atoms with Crippen LogP contribution in [0.1, 0.15) is 0 Å². The summed E-state index contributed by atoms with van der Waals surface area (Å²) in [4.78, 5) is 14.4. The topological polar surface area (TPSA) is 175 Å². The van der Waals surface area contributed by atoms with E-state index in [1.807, 2.05) is 0 Å². The first-order valence-corrected chi connectivity index (χ1v) is 2.77. The predicted octanol–water partition coefficient (Wildman–Crippen LogP) is -2.92. The fraction of sp³-hybridized carbons (Fsp3) is 0. The number of aromatic amines is 1. The van der Waals surface area contributed by atoms with E-state index in [0.717, 1.165) is 0 Å². The number of nitrogens with zero attached hydrogens (tertiary/aromatic N) is 3. The Hall–Kier alpha value is -1.00. The summed E-state index contributed by atoms with van der Waals surface area (Å²) in [6.07, 6.45) is 2.92. The first-order valence-electron chi connectivity index (χ1n) is 2.77. The monoisotopic (exact) mass is 213 g/mol. The summed E-state index contributed by atoms with van der Waals surface area (Å²) in [7, 11) is 0. The van der Waals surface area contributed by atoms with Crippen LogP contribution in [0.15, 0.2) is 12.7 Å². The Morgan fingerprint density at radius 3 is 2.29 bits per heavy atom. The van der Waals surface area contributed by atoms with Gasteiger partial charge in [-0.3, -0.25) is 0 Å². The van der Waals surface area contributed by atoms with Gasteiger partial charge in [0, 0.05) is 0 Å². The average Bonchev–Trinajstić information content (AvgIpc) is 2.36. The molecule has 0 aliphatic heterocycles. The van der Waals surface area contributed by atoms with E-state index in [-0.39, 0.29) is 39.5 Å². The second kappa shape index (κ2) is 7.40. The molecule has 0 radical (unpaired) electrons. The normalized spacial score (nSPS) is 7.43. The molecule has 14 heavy (non-hydrogen) atoms. The molecule has 9 N–H and O–H groups in total. The third-order valence-corrected chi connectivity index (χ3v) is 1.25. The molecule has 0 saturated carbocycles. The molecule has 0 spiro atoms. The van der Waals surface area contributed by atoms with Crippen LogP contribution in [0.25, 0.3) is 11.2 Å². The average molecular weight is 213 g/mol. The van der Waals surface area contributed by atoms with Crippen LogP contribution >= 0.6 is 0 Å². The summed E-state index contributed by atoms with van der Waals surface area (Å²) >= 11 is 0. The minimum absolute atomic E-state index is 0. The predicted molar refractivity (Wildman–Crippen MR) is 52.7 cm³/mol. The number of hydrogen-bond acceptors (Lipinski definition) is 4. The molecular weight excluding hydrogens is 202 g/mol. The van der Waals surface area contributed by atoms with E-state index in [0.29, 0.717) is 17.0 Å². The van der Waals surface area contributed by atoms with Gasteiger partial charge in [-0.15, -0.1) is 0 Å². The van der Waals surface area contributed by atoms with Crippen LogP contribution < -0.4 is 5.73 Å². The number of nitrogens with two attached hydrogens (primary N) is 1. The van der Waals surface area contributed by atoms with Crippen molar-refractivity contribution in [1.29, 1.82) is 0 Å². The molecule has 0 unspecified atom stereocenters. The molecule has 2 aromatic rings. The number of nitrogens with one attached hydrogen (secondary N) is 1. The van der Waals surface area contributed by atoms with Gasteiger partial charge in [0.25, 0.3) is 0 Å². The molecule has 0 saturated heterocycles. The van der Waals surface area contributed by atoms with Crippen molar-refractivity contribution in [2.75, 3.05) is 5.73 Å². The van der Waals surface area contributed by atoms with E-state index >= 15 is 0 Å². The van der Waals surface area contributed by atoms with Gasteiger partial charge < -0.3 is 27.1 Å². The zero-order valence-corrected chi connectivity index (χ0v) is 8.70. The summed E-state index contributed by atoms with van der Waals surface area (Å²) < 4.78 is 0. The second-order valence-electron chi connectivity index (χ2n) is 1.86. The molecule has 2 aromatic heterocycles. The van der Waals surface area contributed by atoms with Crippen LogP contribution in [0.2, 0.25) is 0 Å². The Kier molecular flexibility index (Phi) is 9.90. The van der Waals surface area contributed by atoms with Gasteiger partial charge in [0.1, 0.15) is 11.8 Å². The molecule has 2 heterocycles. The van der Waals surface area contributed by atoms with Crippen LogP contribution in [0.3, 0.4) is 0 Å². The summed E-state index contributed by atoms with van der Waals surface area (Å²) in [5.41, 5.74) is 6.78. The number of fused-ring (bicyclic) bond motifs is 1. The third kappa shape index (κ3) is 3.04. The van der Waals surface area contributed by atoms with Crippen molar-refractivity contribution in [1.82, 2.24) is 19.9 Å². The van der Waals surface area contributed by atoms with Crippen LogP contribution in [-0.4, -0.2) is 59.4 Å². The van der Waals surface area contributed by atoms with Crippen molar-refractivity contribution in [2.24, 2.45) is 0 Å². The number of aromatic nitrogens is 4. The molecule has 0 amide bonds. The van der Waals surface area contributed by atoms with Crippen LogP contribution in [0, 0.1) is 0 Å². The molecule has 0 aliphatic carbocycles. The molecule has 2 rings (SSSR count). The standard InChI is InChI=1S/C5H5N5.Mg.3H2O/c6-4-3-5(9-1-7-3)10-2-8-4;;;;/h1-2H,(H3,6,7,8,9,10);;3*1H2/q;+2;;;. The molecule has 74 valence electrons. The third-order valence-electron chi connectivity index (χ3n) is 1.25. The van der Waals surface area contributed by atoms with Crippen molar-refractivity contribution in [3.63, 3.8) is 0 Å². The molecule has 0 fully saturated rings. The number of imidazole rings is 1. The number of hydrogen-bond donors (Lipinski definition) is 2. The first-order chi connectivity index (χ1) is 4.88. The van der Waals surface area contributed by atoms with Crippen LogP contribution in [0.5, 0.6) is 0 Å². The maximum absolute atomic E-state index is 5.48. The van der Waals surface area contributed by atoms with Gasteiger partial charge in [-0.25, -0.2) is 15.0 Å². The van der Waals surface area contributed by atoms with Crippen LogP contribution in [-0.2, 0) is 0 Å². The SMILES string of the molecule is Nc1ncnc2nc[nH]c12.O.O.O.[Mg+2]. The first kappa shape index (κ1) is 18.7. The van der Waals surface area contributed by atoms with Crippen molar-refractivity contribution >= 4 is 40.0 Å². The summed E-state index contributed by atoms with van der Waals surface area (Å²) in [5, 5.41) is 0. The van der Waals surface area contributed by atoms with Crippen molar-refractivity contribution in [2.45, 2.75) is 0 Å². The minimum atomic E-state index is 0. The minimum Gasteiger partial charge on any atom is -0.412 e. The molecule has 0 aromatic carbocycles. The maximum atomic E-state index is 5.48. The van der Waals surface area contributed by atoms with Gasteiger partial charge in [0.2, 0.25) is 0 Å². The van der Waals surface area contributed by atoms with Gasteiger partial charge in [-0.05, 0) is 0 Å². The summed E-state index contributed by atoms with van der Waals surface area (Å²) in [6.45, 7) is 0. The van der Waals surface area contributed by atoms with E-state index in [9.17, 15) is 0 Å². The second-order valence-corrected chi connectivity index (χ2v) is 1.86. The van der Waals surface area contributed by atoms with Gasteiger partial charge in [0.05, 0.1) is 6.33 Å². The van der Waals surface area contributed by atoms with E-state index in [1.54, 1.807) is 0 Å². The van der Waals surface area contributed by atoms with E-state index in [2.05, 4.69) is 19.9 Å². The van der Waals surface area contributed by atoms with E-state index in [1.165, 1.54) is 12.7 Å². The zero-order chi connectivity index (χ0) is 6.97. The molecule has 9 heteroatoms. The van der Waals surface area contributed by atoms with Gasteiger partial charge >= 0.3 is 23.1 Å². The van der Waals surface area contributed by atoms with Gasteiger partial charge in [-0.2, -0.15) is 0 Å². The molecule has 0 aliphatic rings. The fourth-order valence-corrected chi connectivity index (χ4v) is 0.784. The Morgan fingerprint density at radius 2 is 1.71 bits per heavy atom. The Balaban J connectivity index is -0.000000302. The largest absolute Gasteiger partial charge is 2.00 e. The number of anilines is 1. The van der Waals surface area contributed by atoms with E-state index < -0.39 is 0 Å². The Morgan fingerprint density at radius 1 is 1.07 bits per heavy atom. The quantitative estimate of drug-likeness (QED) is 0.446. The van der Waals surface area contributed by atoms with Crippen molar-refractivity contribution in [3.05, 3.63) is 12.7 Å².